The van der Waals surface area contributed by atoms with E-state index in [9.17, 15) is 13.7 Å². The fourth-order valence-electron chi connectivity index (χ4n) is 3.93. The highest BCUT2D eigenvalue weighted by molar-refractivity contribution is 7.97. The minimum atomic E-state index is -3.92. The third-order valence-corrected chi connectivity index (χ3v) is 7.38. The Bertz CT molecular complexity index is 1190. The van der Waals surface area contributed by atoms with Gasteiger partial charge in [-0.2, -0.15) is 5.26 Å². The zero-order valence-corrected chi connectivity index (χ0v) is 17.0. The summed E-state index contributed by atoms with van der Waals surface area (Å²) in [4.78, 5) is 0.0630. The van der Waals surface area contributed by atoms with Crippen molar-refractivity contribution in [1.29, 1.82) is 5.26 Å². The van der Waals surface area contributed by atoms with Gasteiger partial charge >= 0.3 is 0 Å². The number of para-hydroxylation sites is 1. The predicted molar refractivity (Wildman–Crippen MR) is 112 cm³/mol. The average Bonchev–Trinajstić information content (AvgIpc) is 2.73. The number of anilines is 1. The monoisotopic (exact) mass is 407 g/mol. The quantitative estimate of drug-likeness (QED) is 0.839. The molecule has 2 aromatic rings. The van der Waals surface area contributed by atoms with Gasteiger partial charge in [-0.1, -0.05) is 43.3 Å². The molecular weight excluding hydrogens is 386 g/mol. The topological polar surface area (TPSA) is 96.4 Å². The molecule has 0 aromatic heterocycles. The van der Waals surface area contributed by atoms with E-state index < -0.39 is 15.9 Å². The van der Waals surface area contributed by atoms with Gasteiger partial charge in [0.2, 0.25) is 5.88 Å². The number of allylic oxidation sites excluding steroid dienone is 2. The van der Waals surface area contributed by atoms with Crippen LogP contribution < -0.4 is 10.0 Å². The summed E-state index contributed by atoms with van der Waals surface area (Å²) in [5.74, 6) is -0.681. The van der Waals surface area contributed by atoms with Crippen molar-refractivity contribution >= 4 is 21.5 Å². The van der Waals surface area contributed by atoms with Gasteiger partial charge in [0.25, 0.3) is 10.0 Å². The fourth-order valence-corrected chi connectivity index (χ4v) is 5.86. The summed E-state index contributed by atoms with van der Waals surface area (Å²) in [5, 5.41) is 9.77. The lowest BCUT2D eigenvalue weighted by atomic mass is 9.87. The molecule has 0 radical (unpaired) electrons. The highest BCUT2D eigenvalue weighted by Gasteiger charge is 2.46. The first-order valence-electron chi connectivity index (χ1n) is 9.46. The zero-order chi connectivity index (χ0) is 20.8. The van der Waals surface area contributed by atoms with Crippen molar-refractivity contribution in [2.75, 3.05) is 10.8 Å². The SMILES string of the molecule is CCc1ccc(C2C(C#N)=C(N)OC3=C2S(=O)(=O)N(CC)c2ccccc23)cc1. The molecule has 6 nitrogen and oxygen atoms in total. The molecule has 0 bridgehead atoms. The molecule has 2 N–H and O–H groups in total. The Balaban J connectivity index is 2.03. The fraction of sp³-hybridized carbons (Fsp3) is 0.227. The third-order valence-electron chi connectivity index (χ3n) is 5.37. The molecule has 2 aliphatic heterocycles. The van der Waals surface area contributed by atoms with Crippen molar-refractivity contribution in [2.24, 2.45) is 5.73 Å². The van der Waals surface area contributed by atoms with E-state index in [2.05, 4.69) is 6.07 Å². The second-order valence-corrected chi connectivity index (χ2v) is 8.73. The maximum atomic E-state index is 13.6. The van der Waals surface area contributed by atoms with Crippen LogP contribution in [0, 0.1) is 11.3 Å². The number of fused-ring (bicyclic) bond motifs is 2. The summed E-state index contributed by atoms with van der Waals surface area (Å²) in [6.07, 6.45) is 0.861. The smallest absolute Gasteiger partial charge is 0.265 e. The Morgan fingerprint density at radius 2 is 1.83 bits per heavy atom. The molecule has 0 amide bonds. The maximum Gasteiger partial charge on any atom is 0.265 e. The molecule has 0 fully saturated rings. The van der Waals surface area contributed by atoms with Crippen molar-refractivity contribution < 1.29 is 13.2 Å². The number of nitriles is 1. The number of hydrogen-bond donors (Lipinski definition) is 1. The Hall–Kier alpha value is -3.24. The van der Waals surface area contributed by atoms with Crippen LogP contribution in [0.2, 0.25) is 0 Å². The van der Waals surface area contributed by atoms with Crippen LogP contribution >= 0.6 is 0 Å². The van der Waals surface area contributed by atoms with E-state index in [4.69, 9.17) is 10.5 Å². The summed E-state index contributed by atoms with van der Waals surface area (Å²) in [6.45, 7) is 4.09. The largest absolute Gasteiger partial charge is 0.439 e. The minimum Gasteiger partial charge on any atom is -0.439 e. The van der Waals surface area contributed by atoms with Crippen LogP contribution in [0.5, 0.6) is 0 Å². The minimum absolute atomic E-state index is 0.0630. The summed E-state index contributed by atoms with van der Waals surface area (Å²) in [5.41, 5.74) is 9.19. The summed E-state index contributed by atoms with van der Waals surface area (Å²) in [7, 11) is -3.92. The van der Waals surface area contributed by atoms with Crippen LogP contribution in [0.3, 0.4) is 0 Å². The van der Waals surface area contributed by atoms with E-state index in [1.54, 1.807) is 19.1 Å². The van der Waals surface area contributed by atoms with Crippen LogP contribution in [0.15, 0.2) is 64.9 Å². The molecule has 0 aliphatic carbocycles. The van der Waals surface area contributed by atoms with Crippen LogP contribution in [0.25, 0.3) is 5.76 Å². The van der Waals surface area contributed by atoms with Gasteiger partial charge in [-0.3, -0.25) is 4.31 Å². The molecule has 7 heteroatoms. The molecule has 2 heterocycles. The highest BCUT2D eigenvalue weighted by Crippen LogP contribution is 2.50. The molecule has 0 saturated heterocycles. The maximum absolute atomic E-state index is 13.6. The molecule has 0 spiro atoms. The number of sulfonamides is 1. The number of hydrogen-bond acceptors (Lipinski definition) is 5. The van der Waals surface area contributed by atoms with E-state index in [1.165, 1.54) is 4.31 Å². The lowest BCUT2D eigenvalue weighted by molar-refractivity contribution is 0.357. The summed E-state index contributed by atoms with van der Waals surface area (Å²) < 4.78 is 34.4. The third kappa shape index (κ3) is 2.79. The van der Waals surface area contributed by atoms with Gasteiger partial charge in [-0.05, 0) is 36.6 Å². The van der Waals surface area contributed by atoms with Crippen molar-refractivity contribution in [3.8, 4) is 6.07 Å². The molecule has 4 rings (SSSR count). The van der Waals surface area contributed by atoms with Gasteiger partial charge in [0, 0.05) is 12.1 Å². The van der Waals surface area contributed by atoms with Gasteiger partial charge in [0.15, 0.2) is 5.76 Å². The predicted octanol–water partition coefficient (Wildman–Crippen LogP) is 3.60. The lowest BCUT2D eigenvalue weighted by Gasteiger charge is -2.37. The van der Waals surface area contributed by atoms with Crippen LogP contribution in [-0.2, 0) is 21.2 Å². The number of aryl methyl sites for hydroxylation is 1. The Kier molecular flexibility index (Phi) is 4.59. The van der Waals surface area contributed by atoms with Crippen LogP contribution in [-0.4, -0.2) is 15.0 Å². The molecule has 2 aliphatic rings. The molecule has 0 saturated carbocycles. The Morgan fingerprint density at radius 3 is 2.45 bits per heavy atom. The molecule has 2 aromatic carbocycles. The van der Waals surface area contributed by atoms with Gasteiger partial charge in [0.1, 0.15) is 16.5 Å². The molecule has 29 heavy (non-hydrogen) atoms. The number of nitrogens with two attached hydrogens (primary N) is 1. The number of ether oxygens (including phenoxy) is 1. The second kappa shape index (κ2) is 6.98. The number of benzene rings is 2. The van der Waals surface area contributed by atoms with Gasteiger partial charge in [0.05, 0.1) is 11.6 Å². The zero-order valence-electron chi connectivity index (χ0n) is 16.2. The van der Waals surface area contributed by atoms with E-state index in [0.29, 0.717) is 16.8 Å². The van der Waals surface area contributed by atoms with E-state index in [1.807, 2.05) is 43.3 Å². The van der Waals surface area contributed by atoms with Gasteiger partial charge in [-0.25, -0.2) is 8.42 Å². The van der Waals surface area contributed by atoms with Crippen molar-refractivity contribution in [2.45, 2.75) is 26.2 Å². The van der Waals surface area contributed by atoms with E-state index >= 15 is 0 Å². The molecular formula is C22H21N3O3S. The van der Waals surface area contributed by atoms with E-state index in [0.717, 1.165) is 12.0 Å². The average molecular weight is 407 g/mol. The van der Waals surface area contributed by atoms with Gasteiger partial charge in [-0.15, -0.1) is 0 Å². The Labute approximate surface area is 170 Å². The summed E-state index contributed by atoms with van der Waals surface area (Å²) in [6, 6.07) is 16.8. The first-order valence-corrected chi connectivity index (χ1v) is 10.9. The number of rotatable bonds is 3. The normalized spacial score (nSPS) is 19.9. The van der Waals surface area contributed by atoms with Gasteiger partial charge < -0.3 is 10.5 Å². The van der Waals surface area contributed by atoms with E-state index in [-0.39, 0.29) is 28.7 Å². The Morgan fingerprint density at radius 1 is 1.14 bits per heavy atom. The highest BCUT2D eigenvalue weighted by atomic mass is 32.2. The lowest BCUT2D eigenvalue weighted by Crippen LogP contribution is -2.39. The first kappa shape index (κ1) is 19.1. The van der Waals surface area contributed by atoms with Crippen LogP contribution in [0.1, 0.15) is 36.5 Å². The molecule has 148 valence electrons. The second-order valence-electron chi connectivity index (χ2n) is 6.90. The molecule has 1 atom stereocenters. The van der Waals surface area contributed by atoms with Crippen molar-refractivity contribution in [1.82, 2.24) is 0 Å². The summed E-state index contributed by atoms with van der Waals surface area (Å²) >= 11 is 0. The van der Waals surface area contributed by atoms with Crippen molar-refractivity contribution in [3.05, 3.63) is 81.6 Å². The van der Waals surface area contributed by atoms with Crippen LogP contribution in [0.4, 0.5) is 5.69 Å². The number of nitrogens with zero attached hydrogens (tertiary/aromatic N) is 2. The standard InChI is InChI=1S/C22H21N3O3S/c1-3-14-9-11-15(12-10-14)19-17(13-23)22(24)28-20-16-7-5-6-8-18(16)25(4-2)29(26,27)21(19)20/h5-12,19H,3-4,24H2,1-2H3. The molecule has 1 unspecified atom stereocenters. The van der Waals surface area contributed by atoms with Crippen molar-refractivity contribution in [3.63, 3.8) is 0 Å². The first-order chi connectivity index (χ1) is 13.9.